The maximum atomic E-state index is 12.7. The van der Waals surface area contributed by atoms with Crippen LogP contribution in [0.25, 0.3) is 0 Å². The van der Waals surface area contributed by atoms with Gasteiger partial charge in [-0.2, -0.15) is 13.2 Å². The molecule has 21 heavy (non-hydrogen) atoms. The second-order valence-electron chi connectivity index (χ2n) is 4.68. The van der Waals surface area contributed by atoms with Crippen LogP contribution in [0.3, 0.4) is 0 Å². The molecule has 0 spiro atoms. The molecule has 2 aromatic carbocycles. The number of halogens is 4. The molecule has 0 aliphatic carbocycles. The van der Waals surface area contributed by atoms with Crippen molar-refractivity contribution in [2.75, 3.05) is 0 Å². The Morgan fingerprint density at radius 2 is 1.81 bits per heavy atom. The van der Waals surface area contributed by atoms with Crippen molar-refractivity contribution in [2.45, 2.75) is 18.6 Å². The molecular weight excluding hydrogens is 392 g/mol. The van der Waals surface area contributed by atoms with E-state index in [2.05, 4.69) is 28.0 Å². The molecule has 1 unspecified atom stereocenters. The van der Waals surface area contributed by atoms with Crippen LogP contribution in [0.15, 0.2) is 48.5 Å². The van der Waals surface area contributed by atoms with Crippen LogP contribution in [0.1, 0.15) is 22.7 Å². The number of rotatable bonds is 4. The van der Waals surface area contributed by atoms with Crippen LogP contribution in [0.5, 0.6) is 0 Å². The number of alkyl halides is 3. The van der Waals surface area contributed by atoms with E-state index >= 15 is 0 Å². The first-order chi connectivity index (χ1) is 9.90. The van der Waals surface area contributed by atoms with Gasteiger partial charge in [0.15, 0.2) is 0 Å². The smallest absolute Gasteiger partial charge is 0.271 e. The molecule has 0 amide bonds. The Labute approximate surface area is 134 Å². The average Bonchev–Trinajstić information content (AvgIpc) is 2.44. The summed E-state index contributed by atoms with van der Waals surface area (Å²) < 4.78 is 39.2. The van der Waals surface area contributed by atoms with Gasteiger partial charge in [0, 0.05) is 3.57 Å². The van der Waals surface area contributed by atoms with E-state index in [4.69, 9.17) is 5.84 Å². The lowest BCUT2D eigenvalue weighted by Gasteiger charge is -2.17. The second-order valence-corrected chi connectivity index (χ2v) is 5.92. The Kier molecular flexibility index (Phi) is 5.23. The van der Waals surface area contributed by atoms with Crippen LogP contribution in [0.4, 0.5) is 13.2 Å². The van der Waals surface area contributed by atoms with Gasteiger partial charge in [-0.1, -0.05) is 30.3 Å². The van der Waals surface area contributed by atoms with Crippen molar-refractivity contribution in [3.63, 3.8) is 0 Å². The highest BCUT2D eigenvalue weighted by Crippen LogP contribution is 2.30. The van der Waals surface area contributed by atoms with Gasteiger partial charge in [-0.25, -0.2) is 0 Å². The Hall–Kier alpha value is -1.12. The number of hydrazine groups is 1. The monoisotopic (exact) mass is 406 g/mol. The minimum absolute atomic E-state index is 0.233. The van der Waals surface area contributed by atoms with Gasteiger partial charge in [0.2, 0.25) is 0 Å². The number of nitrogens with one attached hydrogen (secondary N) is 1. The van der Waals surface area contributed by atoms with E-state index in [0.29, 0.717) is 12.0 Å². The summed E-state index contributed by atoms with van der Waals surface area (Å²) in [4.78, 5) is 0. The molecule has 0 saturated carbocycles. The number of benzene rings is 2. The topological polar surface area (TPSA) is 38.0 Å². The van der Waals surface area contributed by atoms with Crippen LogP contribution in [-0.2, 0) is 12.6 Å². The van der Waals surface area contributed by atoms with Crippen molar-refractivity contribution >= 4 is 22.6 Å². The SMILES string of the molecule is NNC(Cc1cccc(C(F)(F)F)c1)c1cccc(I)c1. The minimum atomic E-state index is -4.33. The molecule has 112 valence electrons. The van der Waals surface area contributed by atoms with Gasteiger partial charge in [0.05, 0.1) is 11.6 Å². The van der Waals surface area contributed by atoms with E-state index in [1.165, 1.54) is 6.07 Å². The molecule has 6 heteroatoms. The largest absolute Gasteiger partial charge is 0.416 e. The van der Waals surface area contributed by atoms with E-state index in [9.17, 15) is 13.2 Å². The van der Waals surface area contributed by atoms with Crippen molar-refractivity contribution in [2.24, 2.45) is 5.84 Å². The molecule has 2 nitrogen and oxygen atoms in total. The van der Waals surface area contributed by atoms with Crippen molar-refractivity contribution in [3.05, 3.63) is 68.8 Å². The molecule has 0 fully saturated rings. The van der Waals surface area contributed by atoms with Gasteiger partial charge in [-0.05, 0) is 58.3 Å². The summed E-state index contributed by atoms with van der Waals surface area (Å²) in [7, 11) is 0. The van der Waals surface area contributed by atoms with E-state index < -0.39 is 11.7 Å². The van der Waals surface area contributed by atoms with E-state index in [-0.39, 0.29) is 6.04 Å². The lowest BCUT2D eigenvalue weighted by atomic mass is 9.98. The Bertz CT molecular complexity index is 614. The molecule has 3 N–H and O–H groups in total. The van der Waals surface area contributed by atoms with Gasteiger partial charge < -0.3 is 0 Å². The number of hydrogen-bond donors (Lipinski definition) is 2. The average molecular weight is 406 g/mol. The molecule has 0 saturated heterocycles. The zero-order chi connectivity index (χ0) is 15.5. The molecule has 0 aliphatic rings. The summed E-state index contributed by atoms with van der Waals surface area (Å²) in [5.41, 5.74) is 3.56. The summed E-state index contributed by atoms with van der Waals surface area (Å²) in [6, 6.07) is 12.8. The predicted molar refractivity (Wildman–Crippen MR) is 84.4 cm³/mol. The highest BCUT2D eigenvalue weighted by atomic mass is 127. The minimum Gasteiger partial charge on any atom is -0.271 e. The molecule has 0 heterocycles. The third-order valence-electron chi connectivity index (χ3n) is 3.15. The fourth-order valence-corrected chi connectivity index (χ4v) is 2.67. The maximum Gasteiger partial charge on any atom is 0.416 e. The summed E-state index contributed by atoms with van der Waals surface area (Å²) in [6.07, 6.45) is -3.94. The maximum absolute atomic E-state index is 12.7. The summed E-state index contributed by atoms with van der Waals surface area (Å²) in [5.74, 6) is 5.55. The molecule has 0 bridgehead atoms. The third-order valence-corrected chi connectivity index (χ3v) is 3.82. The van der Waals surface area contributed by atoms with Gasteiger partial charge in [0.25, 0.3) is 0 Å². The zero-order valence-electron chi connectivity index (χ0n) is 11.0. The van der Waals surface area contributed by atoms with Crippen molar-refractivity contribution < 1.29 is 13.2 Å². The van der Waals surface area contributed by atoms with Crippen molar-refractivity contribution in [1.29, 1.82) is 0 Å². The highest BCUT2D eigenvalue weighted by molar-refractivity contribution is 14.1. The van der Waals surface area contributed by atoms with Gasteiger partial charge in [-0.15, -0.1) is 0 Å². The van der Waals surface area contributed by atoms with Crippen LogP contribution < -0.4 is 11.3 Å². The molecule has 1 atom stereocenters. The first-order valence-corrected chi connectivity index (χ1v) is 7.36. The highest BCUT2D eigenvalue weighted by Gasteiger charge is 2.30. The molecule has 0 aliphatic heterocycles. The van der Waals surface area contributed by atoms with Crippen molar-refractivity contribution in [1.82, 2.24) is 5.43 Å². The lowest BCUT2D eigenvalue weighted by molar-refractivity contribution is -0.137. The van der Waals surface area contributed by atoms with E-state index in [1.807, 2.05) is 24.3 Å². The standard InChI is InChI=1S/C15H14F3IN2/c16-15(17,18)12-5-1-3-10(7-12)8-14(21-20)11-4-2-6-13(19)9-11/h1-7,9,14,21H,8,20H2. The molecular formula is C15H14F3IN2. The van der Waals surface area contributed by atoms with Gasteiger partial charge in [-0.3, -0.25) is 11.3 Å². The summed E-state index contributed by atoms with van der Waals surface area (Å²) in [5, 5.41) is 0. The van der Waals surface area contributed by atoms with Crippen LogP contribution in [0, 0.1) is 3.57 Å². The third kappa shape index (κ3) is 4.42. The molecule has 2 aromatic rings. The summed E-state index contributed by atoms with van der Waals surface area (Å²) >= 11 is 2.18. The zero-order valence-corrected chi connectivity index (χ0v) is 13.1. The molecule has 2 rings (SSSR count). The van der Waals surface area contributed by atoms with E-state index in [0.717, 1.165) is 21.3 Å². The fourth-order valence-electron chi connectivity index (χ4n) is 2.11. The summed E-state index contributed by atoms with van der Waals surface area (Å²) in [6.45, 7) is 0. The van der Waals surface area contributed by atoms with Crippen LogP contribution >= 0.6 is 22.6 Å². The Balaban J connectivity index is 2.23. The Morgan fingerprint density at radius 3 is 2.43 bits per heavy atom. The fraction of sp³-hybridized carbons (Fsp3) is 0.200. The quantitative estimate of drug-likeness (QED) is 0.457. The van der Waals surface area contributed by atoms with Gasteiger partial charge >= 0.3 is 6.18 Å². The van der Waals surface area contributed by atoms with Gasteiger partial charge in [0.1, 0.15) is 0 Å². The van der Waals surface area contributed by atoms with E-state index in [1.54, 1.807) is 6.07 Å². The van der Waals surface area contributed by atoms with Crippen LogP contribution in [-0.4, -0.2) is 0 Å². The van der Waals surface area contributed by atoms with Crippen molar-refractivity contribution in [3.8, 4) is 0 Å². The number of hydrogen-bond acceptors (Lipinski definition) is 2. The first kappa shape index (κ1) is 16.3. The normalized spacial score (nSPS) is 13.2. The molecule has 0 radical (unpaired) electrons. The second kappa shape index (κ2) is 6.76. The molecule has 0 aromatic heterocycles. The van der Waals surface area contributed by atoms with Crippen LogP contribution in [0.2, 0.25) is 0 Å². The Morgan fingerprint density at radius 1 is 1.10 bits per heavy atom. The number of nitrogens with two attached hydrogens (primary N) is 1. The lowest BCUT2D eigenvalue weighted by Crippen LogP contribution is -2.29. The first-order valence-electron chi connectivity index (χ1n) is 6.28. The predicted octanol–water partition coefficient (Wildman–Crippen LogP) is 4.06.